The van der Waals surface area contributed by atoms with Gasteiger partial charge in [-0.25, -0.2) is 0 Å². The molecule has 0 spiro atoms. The second-order valence-corrected chi connectivity index (χ2v) is 5.04. The summed E-state index contributed by atoms with van der Waals surface area (Å²) in [4.78, 5) is 2.65. The Kier molecular flexibility index (Phi) is 2.89. The van der Waals surface area contributed by atoms with Gasteiger partial charge in [-0.2, -0.15) is 0 Å². The van der Waals surface area contributed by atoms with Crippen molar-refractivity contribution in [1.29, 1.82) is 0 Å². The Morgan fingerprint density at radius 2 is 2.15 bits per heavy atom. The lowest BCUT2D eigenvalue weighted by atomic mass is 10.1. The predicted molar refractivity (Wildman–Crippen MR) is 55.7 cm³/mol. The van der Waals surface area contributed by atoms with Gasteiger partial charge in [0.1, 0.15) is 0 Å². The summed E-state index contributed by atoms with van der Waals surface area (Å²) in [6, 6.07) is 0. The Labute approximate surface area is 81.7 Å². The van der Waals surface area contributed by atoms with Crippen LogP contribution in [0.2, 0.25) is 0 Å². The fourth-order valence-electron chi connectivity index (χ4n) is 2.33. The van der Waals surface area contributed by atoms with Crippen LogP contribution in [0, 0.1) is 17.8 Å². The first-order chi connectivity index (χ1) is 6.25. The first kappa shape index (κ1) is 9.47. The van der Waals surface area contributed by atoms with Crippen molar-refractivity contribution in [3.8, 4) is 0 Å². The molecule has 2 heteroatoms. The quantitative estimate of drug-likeness (QED) is 0.690. The molecule has 2 rings (SSSR count). The molecule has 0 bridgehead atoms. The van der Waals surface area contributed by atoms with E-state index in [-0.39, 0.29) is 0 Å². The third-order valence-electron chi connectivity index (χ3n) is 3.44. The molecule has 1 aliphatic heterocycles. The van der Waals surface area contributed by atoms with Crippen LogP contribution in [0.25, 0.3) is 0 Å². The van der Waals surface area contributed by atoms with Crippen LogP contribution < -0.4 is 5.32 Å². The maximum Gasteiger partial charge on any atom is 0.0107 e. The molecule has 1 aliphatic carbocycles. The van der Waals surface area contributed by atoms with Crippen molar-refractivity contribution in [1.82, 2.24) is 10.2 Å². The summed E-state index contributed by atoms with van der Waals surface area (Å²) in [7, 11) is 0. The third kappa shape index (κ3) is 2.68. The predicted octanol–water partition coefficient (Wildman–Crippen LogP) is 1.18. The lowest BCUT2D eigenvalue weighted by Crippen LogP contribution is -2.31. The SMILES string of the molecule is CC1CNCCN(CC2CC2C)C1. The molecule has 3 unspecified atom stereocenters. The van der Waals surface area contributed by atoms with Gasteiger partial charge < -0.3 is 10.2 Å². The van der Waals surface area contributed by atoms with Gasteiger partial charge in [0.15, 0.2) is 0 Å². The Balaban J connectivity index is 1.76. The lowest BCUT2D eigenvalue weighted by Gasteiger charge is -2.21. The van der Waals surface area contributed by atoms with E-state index in [9.17, 15) is 0 Å². The molecule has 1 saturated carbocycles. The van der Waals surface area contributed by atoms with Crippen molar-refractivity contribution in [2.45, 2.75) is 20.3 Å². The summed E-state index contributed by atoms with van der Waals surface area (Å²) in [5.74, 6) is 2.85. The standard InChI is InChI=1S/C11H22N2/c1-9-6-12-3-4-13(7-9)8-11-5-10(11)2/h9-12H,3-8H2,1-2H3. The monoisotopic (exact) mass is 182 g/mol. The van der Waals surface area contributed by atoms with Gasteiger partial charge in [0.2, 0.25) is 0 Å². The van der Waals surface area contributed by atoms with Crippen molar-refractivity contribution >= 4 is 0 Å². The number of hydrogen-bond acceptors (Lipinski definition) is 2. The highest BCUT2D eigenvalue weighted by atomic mass is 15.2. The minimum atomic E-state index is 0.830. The Morgan fingerprint density at radius 3 is 2.85 bits per heavy atom. The molecule has 2 nitrogen and oxygen atoms in total. The Bertz CT molecular complexity index is 169. The second kappa shape index (κ2) is 3.97. The maximum absolute atomic E-state index is 3.49. The molecule has 0 radical (unpaired) electrons. The van der Waals surface area contributed by atoms with Crippen LogP contribution in [0.15, 0.2) is 0 Å². The molecule has 76 valence electrons. The van der Waals surface area contributed by atoms with E-state index in [1.54, 1.807) is 0 Å². The van der Waals surface area contributed by atoms with Gasteiger partial charge >= 0.3 is 0 Å². The molecule has 2 fully saturated rings. The number of hydrogen-bond donors (Lipinski definition) is 1. The van der Waals surface area contributed by atoms with E-state index in [1.807, 2.05) is 0 Å². The van der Waals surface area contributed by atoms with E-state index < -0.39 is 0 Å². The number of rotatable bonds is 2. The summed E-state index contributed by atoms with van der Waals surface area (Å²) < 4.78 is 0. The normalized spacial score (nSPS) is 41.5. The van der Waals surface area contributed by atoms with Gasteiger partial charge in [0.25, 0.3) is 0 Å². The van der Waals surface area contributed by atoms with E-state index in [2.05, 4.69) is 24.1 Å². The van der Waals surface area contributed by atoms with Crippen LogP contribution in [-0.2, 0) is 0 Å². The van der Waals surface area contributed by atoms with E-state index in [4.69, 9.17) is 0 Å². The molecule has 3 atom stereocenters. The molecule has 0 aromatic heterocycles. The van der Waals surface area contributed by atoms with E-state index in [0.717, 1.165) is 17.8 Å². The molecule has 0 amide bonds. The first-order valence-electron chi connectivity index (χ1n) is 5.69. The third-order valence-corrected chi connectivity index (χ3v) is 3.44. The van der Waals surface area contributed by atoms with Crippen molar-refractivity contribution in [2.24, 2.45) is 17.8 Å². The summed E-state index contributed by atoms with van der Waals surface area (Å²) in [6.45, 7) is 11.0. The number of nitrogens with zero attached hydrogens (tertiary/aromatic N) is 1. The fraction of sp³-hybridized carbons (Fsp3) is 1.00. The minimum absolute atomic E-state index is 0.830. The average Bonchev–Trinajstić information content (AvgIpc) is 2.78. The average molecular weight is 182 g/mol. The zero-order valence-electron chi connectivity index (χ0n) is 8.92. The van der Waals surface area contributed by atoms with Crippen molar-refractivity contribution in [3.63, 3.8) is 0 Å². The van der Waals surface area contributed by atoms with Gasteiger partial charge in [-0.05, 0) is 30.7 Å². The molecular formula is C11H22N2. The molecule has 1 heterocycles. The number of nitrogens with one attached hydrogen (secondary N) is 1. The highest BCUT2D eigenvalue weighted by molar-refractivity contribution is 4.86. The van der Waals surface area contributed by atoms with Gasteiger partial charge in [0, 0.05) is 26.2 Å². The molecule has 1 saturated heterocycles. The second-order valence-electron chi connectivity index (χ2n) is 5.04. The van der Waals surface area contributed by atoms with Crippen LogP contribution in [0.1, 0.15) is 20.3 Å². The van der Waals surface area contributed by atoms with E-state index in [1.165, 1.54) is 39.1 Å². The largest absolute Gasteiger partial charge is 0.315 e. The highest BCUT2D eigenvalue weighted by Crippen LogP contribution is 2.38. The zero-order valence-corrected chi connectivity index (χ0v) is 8.92. The molecule has 13 heavy (non-hydrogen) atoms. The maximum atomic E-state index is 3.49. The van der Waals surface area contributed by atoms with Crippen LogP contribution in [0.5, 0.6) is 0 Å². The van der Waals surface area contributed by atoms with Crippen LogP contribution in [0.3, 0.4) is 0 Å². The van der Waals surface area contributed by atoms with Crippen LogP contribution in [0.4, 0.5) is 0 Å². The van der Waals surface area contributed by atoms with Gasteiger partial charge in [-0.15, -0.1) is 0 Å². The first-order valence-corrected chi connectivity index (χ1v) is 5.69. The minimum Gasteiger partial charge on any atom is -0.315 e. The van der Waals surface area contributed by atoms with Gasteiger partial charge in [-0.3, -0.25) is 0 Å². The summed E-state index contributed by atoms with van der Waals surface area (Å²) in [5, 5.41) is 3.49. The van der Waals surface area contributed by atoms with Crippen LogP contribution >= 0.6 is 0 Å². The Morgan fingerprint density at radius 1 is 1.38 bits per heavy atom. The molecule has 1 N–H and O–H groups in total. The zero-order chi connectivity index (χ0) is 9.26. The van der Waals surface area contributed by atoms with Gasteiger partial charge in [-0.1, -0.05) is 13.8 Å². The van der Waals surface area contributed by atoms with Gasteiger partial charge in [0.05, 0.1) is 0 Å². The lowest BCUT2D eigenvalue weighted by molar-refractivity contribution is 0.251. The van der Waals surface area contributed by atoms with Crippen LogP contribution in [-0.4, -0.2) is 37.6 Å². The topological polar surface area (TPSA) is 15.3 Å². The molecule has 0 aromatic rings. The summed E-state index contributed by atoms with van der Waals surface area (Å²) in [5.41, 5.74) is 0. The van der Waals surface area contributed by atoms with Crippen molar-refractivity contribution in [3.05, 3.63) is 0 Å². The fourth-order valence-corrected chi connectivity index (χ4v) is 2.33. The molecule has 2 aliphatic rings. The summed E-state index contributed by atoms with van der Waals surface area (Å²) >= 11 is 0. The summed E-state index contributed by atoms with van der Waals surface area (Å²) in [6.07, 6.45) is 1.47. The molecular weight excluding hydrogens is 160 g/mol. The highest BCUT2D eigenvalue weighted by Gasteiger charge is 2.34. The van der Waals surface area contributed by atoms with E-state index >= 15 is 0 Å². The van der Waals surface area contributed by atoms with Crippen molar-refractivity contribution in [2.75, 3.05) is 32.7 Å². The van der Waals surface area contributed by atoms with E-state index in [0.29, 0.717) is 0 Å². The smallest absolute Gasteiger partial charge is 0.0107 e. The molecule has 0 aromatic carbocycles. The Hall–Kier alpha value is -0.0800. The van der Waals surface area contributed by atoms with Crippen molar-refractivity contribution < 1.29 is 0 Å².